The van der Waals surface area contributed by atoms with E-state index in [1.54, 1.807) is 18.7 Å². The molecule has 0 aromatic carbocycles. The number of aromatic nitrogens is 1. The number of anilines is 1. The highest BCUT2D eigenvalue weighted by Crippen LogP contribution is 2.17. The zero-order chi connectivity index (χ0) is 14.5. The topological polar surface area (TPSA) is 67.2 Å². The SMILES string of the molecule is O=C(NCc1ccc(-c2ccoc2)nc1)Nc1cccs1. The Balaban J connectivity index is 1.55. The van der Waals surface area contributed by atoms with Crippen molar-refractivity contribution in [3.63, 3.8) is 0 Å². The highest BCUT2D eigenvalue weighted by atomic mass is 32.1. The highest BCUT2D eigenvalue weighted by molar-refractivity contribution is 7.14. The van der Waals surface area contributed by atoms with Crippen LogP contribution in [0.4, 0.5) is 9.80 Å². The molecule has 5 nitrogen and oxygen atoms in total. The summed E-state index contributed by atoms with van der Waals surface area (Å²) in [6.45, 7) is 0.426. The first-order chi connectivity index (χ1) is 10.3. The van der Waals surface area contributed by atoms with Crippen LogP contribution < -0.4 is 10.6 Å². The van der Waals surface area contributed by atoms with Gasteiger partial charge in [0.05, 0.1) is 23.2 Å². The van der Waals surface area contributed by atoms with Gasteiger partial charge in [0.2, 0.25) is 0 Å². The highest BCUT2D eigenvalue weighted by Gasteiger charge is 2.04. The minimum absolute atomic E-state index is 0.226. The van der Waals surface area contributed by atoms with Gasteiger partial charge in [0.15, 0.2) is 0 Å². The molecule has 0 aliphatic carbocycles. The van der Waals surface area contributed by atoms with Gasteiger partial charge < -0.3 is 9.73 Å². The van der Waals surface area contributed by atoms with E-state index in [-0.39, 0.29) is 6.03 Å². The Morgan fingerprint density at radius 3 is 2.90 bits per heavy atom. The van der Waals surface area contributed by atoms with Crippen LogP contribution in [0.5, 0.6) is 0 Å². The summed E-state index contributed by atoms with van der Waals surface area (Å²) < 4.78 is 5.02. The molecule has 0 fully saturated rings. The summed E-state index contributed by atoms with van der Waals surface area (Å²) in [7, 11) is 0. The van der Waals surface area contributed by atoms with E-state index in [1.807, 2.05) is 35.7 Å². The van der Waals surface area contributed by atoms with Crippen LogP contribution in [0.2, 0.25) is 0 Å². The number of furan rings is 1. The van der Waals surface area contributed by atoms with Crippen LogP contribution >= 0.6 is 11.3 Å². The second kappa shape index (κ2) is 6.23. The molecule has 0 bridgehead atoms. The third kappa shape index (κ3) is 3.49. The monoisotopic (exact) mass is 299 g/mol. The van der Waals surface area contributed by atoms with Gasteiger partial charge in [-0.05, 0) is 35.2 Å². The van der Waals surface area contributed by atoms with Gasteiger partial charge in [-0.15, -0.1) is 11.3 Å². The van der Waals surface area contributed by atoms with Gasteiger partial charge in [-0.25, -0.2) is 4.79 Å². The molecule has 0 atom stereocenters. The summed E-state index contributed by atoms with van der Waals surface area (Å²) in [6, 6.07) is 9.20. The zero-order valence-corrected chi connectivity index (χ0v) is 11.9. The average molecular weight is 299 g/mol. The van der Waals surface area contributed by atoms with Crippen molar-refractivity contribution >= 4 is 22.4 Å². The third-order valence-corrected chi connectivity index (χ3v) is 3.64. The molecule has 6 heteroatoms. The quantitative estimate of drug-likeness (QED) is 0.771. The summed E-state index contributed by atoms with van der Waals surface area (Å²) in [5.74, 6) is 0. The number of carbonyl (C=O) groups excluding carboxylic acids is 1. The van der Waals surface area contributed by atoms with E-state index in [2.05, 4.69) is 15.6 Å². The van der Waals surface area contributed by atoms with Crippen LogP contribution in [0.3, 0.4) is 0 Å². The zero-order valence-electron chi connectivity index (χ0n) is 11.1. The minimum atomic E-state index is -0.226. The molecule has 3 rings (SSSR count). The predicted molar refractivity (Wildman–Crippen MR) is 82.1 cm³/mol. The maximum Gasteiger partial charge on any atom is 0.320 e. The summed E-state index contributed by atoms with van der Waals surface area (Å²) >= 11 is 1.48. The number of nitrogens with zero attached hydrogens (tertiary/aromatic N) is 1. The van der Waals surface area contributed by atoms with Crippen molar-refractivity contribution in [3.8, 4) is 11.3 Å². The molecule has 0 saturated heterocycles. The van der Waals surface area contributed by atoms with Crippen LogP contribution in [0.15, 0.2) is 58.9 Å². The predicted octanol–water partition coefficient (Wildman–Crippen LogP) is 3.72. The van der Waals surface area contributed by atoms with E-state index in [1.165, 1.54) is 11.3 Å². The van der Waals surface area contributed by atoms with Crippen LogP contribution in [-0.4, -0.2) is 11.0 Å². The maximum absolute atomic E-state index is 11.7. The molecular weight excluding hydrogens is 286 g/mol. The number of carbonyl (C=O) groups is 1. The van der Waals surface area contributed by atoms with Gasteiger partial charge in [-0.2, -0.15) is 0 Å². The molecule has 21 heavy (non-hydrogen) atoms. The molecule has 3 aromatic rings. The number of hydrogen-bond donors (Lipinski definition) is 2. The second-order valence-corrected chi connectivity index (χ2v) is 5.30. The Hall–Kier alpha value is -2.60. The lowest BCUT2D eigenvalue weighted by Gasteiger charge is -2.06. The van der Waals surface area contributed by atoms with E-state index < -0.39 is 0 Å². The first kappa shape index (κ1) is 13.4. The summed E-state index contributed by atoms with van der Waals surface area (Å²) in [5, 5.41) is 8.28. The molecule has 0 unspecified atom stereocenters. The van der Waals surface area contributed by atoms with Crippen molar-refractivity contribution in [2.45, 2.75) is 6.54 Å². The standard InChI is InChI=1S/C15H13N3O2S/c19-15(18-14-2-1-7-21-14)17-9-11-3-4-13(16-8-11)12-5-6-20-10-12/h1-8,10H,9H2,(H2,17,18,19). The maximum atomic E-state index is 11.7. The van der Waals surface area contributed by atoms with E-state index in [9.17, 15) is 4.79 Å². The largest absolute Gasteiger partial charge is 0.472 e. The van der Waals surface area contributed by atoms with Crippen LogP contribution in [0.1, 0.15) is 5.56 Å². The van der Waals surface area contributed by atoms with Gasteiger partial charge in [0, 0.05) is 18.3 Å². The number of rotatable bonds is 4. The molecular formula is C15H13N3O2S. The molecule has 0 aliphatic rings. The lowest BCUT2D eigenvalue weighted by Crippen LogP contribution is -2.27. The molecule has 2 N–H and O–H groups in total. The Labute approximate surface area is 125 Å². The van der Waals surface area contributed by atoms with Crippen molar-refractivity contribution in [3.05, 3.63) is 60.0 Å². The molecule has 3 aromatic heterocycles. The van der Waals surface area contributed by atoms with E-state index in [0.29, 0.717) is 6.54 Å². The number of nitrogens with one attached hydrogen (secondary N) is 2. The smallest absolute Gasteiger partial charge is 0.320 e. The van der Waals surface area contributed by atoms with Crippen molar-refractivity contribution in [2.24, 2.45) is 0 Å². The molecule has 0 radical (unpaired) electrons. The minimum Gasteiger partial charge on any atom is -0.472 e. The van der Waals surface area contributed by atoms with E-state index >= 15 is 0 Å². The molecule has 2 amide bonds. The molecule has 0 saturated carbocycles. The van der Waals surface area contributed by atoms with Crippen molar-refractivity contribution in [1.29, 1.82) is 0 Å². The summed E-state index contributed by atoms with van der Waals surface area (Å²) in [5.41, 5.74) is 2.71. The first-order valence-corrected chi connectivity index (χ1v) is 7.25. The fraction of sp³-hybridized carbons (Fsp3) is 0.0667. The number of pyridine rings is 1. The molecule has 106 valence electrons. The Morgan fingerprint density at radius 1 is 1.29 bits per heavy atom. The normalized spacial score (nSPS) is 10.3. The van der Waals surface area contributed by atoms with Gasteiger partial charge in [0.1, 0.15) is 0 Å². The molecule has 0 aliphatic heterocycles. The van der Waals surface area contributed by atoms with Gasteiger partial charge in [-0.1, -0.05) is 6.07 Å². The fourth-order valence-electron chi connectivity index (χ4n) is 1.80. The van der Waals surface area contributed by atoms with Crippen molar-refractivity contribution < 1.29 is 9.21 Å². The lowest BCUT2D eigenvalue weighted by atomic mass is 10.2. The van der Waals surface area contributed by atoms with E-state index in [4.69, 9.17) is 4.42 Å². The number of urea groups is 1. The van der Waals surface area contributed by atoms with Gasteiger partial charge >= 0.3 is 6.03 Å². The fourth-order valence-corrected chi connectivity index (χ4v) is 2.41. The Kier molecular flexibility index (Phi) is 3.97. The third-order valence-electron chi connectivity index (χ3n) is 2.85. The van der Waals surface area contributed by atoms with Crippen LogP contribution in [0, 0.1) is 0 Å². The number of amides is 2. The van der Waals surface area contributed by atoms with Crippen LogP contribution in [-0.2, 0) is 6.54 Å². The number of hydrogen-bond acceptors (Lipinski definition) is 4. The first-order valence-electron chi connectivity index (χ1n) is 6.37. The van der Waals surface area contributed by atoms with Crippen molar-refractivity contribution in [2.75, 3.05) is 5.32 Å². The Morgan fingerprint density at radius 2 is 2.24 bits per heavy atom. The van der Waals surface area contributed by atoms with E-state index in [0.717, 1.165) is 21.8 Å². The molecule has 3 heterocycles. The van der Waals surface area contributed by atoms with Crippen LogP contribution in [0.25, 0.3) is 11.3 Å². The molecule has 0 spiro atoms. The average Bonchev–Trinajstić information content (AvgIpc) is 3.19. The van der Waals surface area contributed by atoms with Gasteiger partial charge in [0.25, 0.3) is 0 Å². The Bertz CT molecular complexity index is 691. The lowest BCUT2D eigenvalue weighted by molar-refractivity contribution is 0.252. The summed E-state index contributed by atoms with van der Waals surface area (Å²) in [6.07, 6.45) is 5.00. The van der Waals surface area contributed by atoms with Crippen molar-refractivity contribution in [1.82, 2.24) is 10.3 Å². The number of thiophene rings is 1. The summed E-state index contributed by atoms with van der Waals surface area (Å²) in [4.78, 5) is 16.0. The second-order valence-electron chi connectivity index (χ2n) is 4.35. The van der Waals surface area contributed by atoms with Gasteiger partial charge in [-0.3, -0.25) is 10.3 Å².